The van der Waals surface area contributed by atoms with Crippen LogP contribution < -0.4 is 5.32 Å². The number of rotatable bonds is 3. The maximum Gasteiger partial charge on any atom is 0.306 e. The molecule has 1 saturated heterocycles. The van der Waals surface area contributed by atoms with Crippen molar-refractivity contribution in [3.63, 3.8) is 0 Å². The predicted octanol–water partition coefficient (Wildman–Crippen LogP) is 2.16. The third kappa shape index (κ3) is 4.34. The molecule has 3 nitrogen and oxygen atoms in total. The first-order chi connectivity index (χ1) is 7.24. The summed E-state index contributed by atoms with van der Waals surface area (Å²) in [5.74, 6) is 0.421. The molecule has 1 rings (SSSR count). The van der Waals surface area contributed by atoms with E-state index in [9.17, 15) is 4.79 Å². The van der Waals surface area contributed by atoms with E-state index < -0.39 is 0 Å². The topological polar surface area (TPSA) is 38.3 Å². The van der Waals surface area contributed by atoms with Crippen molar-refractivity contribution in [1.82, 2.24) is 5.32 Å². The van der Waals surface area contributed by atoms with E-state index in [4.69, 9.17) is 4.74 Å². The van der Waals surface area contributed by atoms with Gasteiger partial charge in [0.1, 0.15) is 6.10 Å². The molecule has 1 heterocycles. The fourth-order valence-corrected chi connectivity index (χ4v) is 2.83. The van der Waals surface area contributed by atoms with E-state index in [0.29, 0.717) is 12.2 Å². The number of esters is 1. The number of carbonyl (C=O) groups is 1. The Morgan fingerprint density at radius 1 is 1.31 bits per heavy atom. The SMILES string of the molecule is CC1(C)CC(OC(=O)CCS)CC(C)(C)N1. The second kappa shape index (κ2) is 4.96. The average Bonchev–Trinajstić information content (AvgIpc) is 1.96. The molecule has 1 aliphatic heterocycles. The van der Waals surface area contributed by atoms with E-state index in [0.717, 1.165) is 12.8 Å². The van der Waals surface area contributed by atoms with Gasteiger partial charge in [0.25, 0.3) is 0 Å². The number of hydrogen-bond donors (Lipinski definition) is 2. The van der Waals surface area contributed by atoms with Gasteiger partial charge in [-0.3, -0.25) is 4.79 Å². The fourth-order valence-electron chi connectivity index (χ4n) is 2.65. The Kier molecular flexibility index (Phi) is 4.29. The van der Waals surface area contributed by atoms with Crippen molar-refractivity contribution in [2.75, 3.05) is 5.75 Å². The average molecular weight is 245 g/mol. The highest BCUT2D eigenvalue weighted by Gasteiger charge is 2.39. The Hall–Kier alpha value is -0.220. The Morgan fingerprint density at radius 2 is 1.81 bits per heavy atom. The van der Waals surface area contributed by atoms with Gasteiger partial charge in [0, 0.05) is 29.7 Å². The van der Waals surface area contributed by atoms with Gasteiger partial charge in [-0.05, 0) is 27.7 Å². The molecular weight excluding hydrogens is 222 g/mol. The van der Waals surface area contributed by atoms with Crippen LogP contribution in [0.25, 0.3) is 0 Å². The Morgan fingerprint density at radius 3 is 2.25 bits per heavy atom. The normalized spacial score (nSPS) is 24.1. The molecule has 0 unspecified atom stereocenters. The van der Waals surface area contributed by atoms with Gasteiger partial charge in [0.2, 0.25) is 0 Å². The van der Waals surface area contributed by atoms with Crippen LogP contribution in [0.4, 0.5) is 0 Å². The Balaban J connectivity index is 2.57. The maximum absolute atomic E-state index is 11.4. The zero-order chi connectivity index (χ0) is 12.4. The number of nitrogens with one attached hydrogen (secondary N) is 1. The summed E-state index contributed by atoms with van der Waals surface area (Å²) in [5.41, 5.74) is 0.0430. The first-order valence-corrected chi connectivity index (χ1v) is 6.47. The van der Waals surface area contributed by atoms with Crippen molar-refractivity contribution in [1.29, 1.82) is 0 Å². The van der Waals surface area contributed by atoms with E-state index >= 15 is 0 Å². The lowest BCUT2D eigenvalue weighted by Gasteiger charge is -2.45. The van der Waals surface area contributed by atoms with Gasteiger partial charge in [0.05, 0.1) is 6.42 Å². The Labute approximate surface area is 104 Å². The van der Waals surface area contributed by atoms with E-state index in [1.165, 1.54) is 0 Å². The summed E-state index contributed by atoms with van der Waals surface area (Å²) >= 11 is 4.03. The fraction of sp³-hybridized carbons (Fsp3) is 0.917. The lowest BCUT2D eigenvalue weighted by atomic mass is 9.81. The second-order valence-electron chi connectivity index (χ2n) is 5.89. The molecule has 0 amide bonds. The number of carbonyl (C=O) groups excluding carboxylic acids is 1. The van der Waals surface area contributed by atoms with Crippen molar-refractivity contribution in [2.45, 2.75) is 64.1 Å². The van der Waals surface area contributed by atoms with Crippen LogP contribution in [0.5, 0.6) is 0 Å². The minimum atomic E-state index is -0.131. The number of hydrogen-bond acceptors (Lipinski definition) is 4. The Bertz CT molecular complexity index is 248. The zero-order valence-corrected chi connectivity index (χ0v) is 11.6. The van der Waals surface area contributed by atoms with Gasteiger partial charge < -0.3 is 10.1 Å². The van der Waals surface area contributed by atoms with Crippen molar-refractivity contribution >= 4 is 18.6 Å². The second-order valence-corrected chi connectivity index (χ2v) is 6.33. The van der Waals surface area contributed by atoms with Crippen molar-refractivity contribution in [3.05, 3.63) is 0 Å². The first-order valence-electron chi connectivity index (χ1n) is 5.84. The van der Waals surface area contributed by atoms with E-state index in [1.807, 2.05) is 0 Å². The van der Waals surface area contributed by atoms with Crippen LogP contribution in [-0.2, 0) is 9.53 Å². The summed E-state index contributed by atoms with van der Waals surface area (Å²) in [6.07, 6.45) is 2.16. The summed E-state index contributed by atoms with van der Waals surface area (Å²) in [6.45, 7) is 8.58. The van der Waals surface area contributed by atoms with Crippen molar-refractivity contribution < 1.29 is 9.53 Å². The molecule has 4 heteroatoms. The van der Waals surface area contributed by atoms with Gasteiger partial charge >= 0.3 is 5.97 Å². The van der Waals surface area contributed by atoms with Crippen LogP contribution in [0.2, 0.25) is 0 Å². The molecule has 0 aromatic rings. The standard InChI is InChI=1S/C12H23NO2S/c1-11(2)7-9(8-12(3,4)13-11)15-10(14)5-6-16/h9,13,16H,5-8H2,1-4H3. The molecule has 94 valence electrons. The van der Waals surface area contributed by atoms with E-state index in [2.05, 4.69) is 45.6 Å². The van der Waals surface area contributed by atoms with Crippen molar-refractivity contribution in [3.8, 4) is 0 Å². The van der Waals surface area contributed by atoms with Crippen LogP contribution in [0.3, 0.4) is 0 Å². The molecule has 0 radical (unpaired) electrons. The monoisotopic (exact) mass is 245 g/mol. The highest BCUT2D eigenvalue weighted by Crippen LogP contribution is 2.30. The minimum Gasteiger partial charge on any atom is -0.462 e. The first kappa shape index (κ1) is 13.8. The highest BCUT2D eigenvalue weighted by atomic mass is 32.1. The molecule has 0 spiro atoms. The van der Waals surface area contributed by atoms with E-state index in [1.54, 1.807) is 0 Å². The zero-order valence-electron chi connectivity index (χ0n) is 10.7. The summed E-state index contributed by atoms with van der Waals surface area (Å²) in [7, 11) is 0. The van der Waals surface area contributed by atoms with Gasteiger partial charge in [0.15, 0.2) is 0 Å². The van der Waals surface area contributed by atoms with Gasteiger partial charge in [-0.2, -0.15) is 12.6 Å². The lowest BCUT2D eigenvalue weighted by molar-refractivity contribution is -0.152. The molecule has 16 heavy (non-hydrogen) atoms. The third-order valence-electron chi connectivity index (χ3n) is 2.77. The van der Waals surface area contributed by atoms with Gasteiger partial charge in [-0.25, -0.2) is 0 Å². The number of ether oxygens (including phenoxy) is 1. The summed E-state index contributed by atoms with van der Waals surface area (Å²) in [6, 6.07) is 0. The molecule has 0 aliphatic carbocycles. The van der Waals surface area contributed by atoms with Crippen molar-refractivity contribution in [2.24, 2.45) is 0 Å². The van der Waals surface area contributed by atoms with E-state index in [-0.39, 0.29) is 23.2 Å². The largest absolute Gasteiger partial charge is 0.462 e. The van der Waals surface area contributed by atoms with Gasteiger partial charge in [-0.15, -0.1) is 0 Å². The smallest absolute Gasteiger partial charge is 0.306 e. The lowest BCUT2D eigenvalue weighted by Crippen LogP contribution is -2.59. The molecule has 0 aromatic carbocycles. The predicted molar refractivity (Wildman–Crippen MR) is 68.9 cm³/mol. The summed E-state index contributed by atoms with van der Waals surface area (Å²) < 4.78 is 5.48. The number of thiol groups is 1. The molecule has 1 aliphatic rings. The molecule has 0 saturated carbocycles. The molecule has 1 fully saturated rings. The highest BCUT2D eigenvalue weighted by molar-refractivity contribution is 7.80. The van der Waals surface area contributed by atoms with Crippen LogP contribution >= 0.6 is 12.6 Å². The van der Waals surface area contributed by atoms with Crippen LogP contribution in [0.1, 0.15) is 47.0 Å². The maximum atomic E-state index is 11.4. The molecule has 1 N–H and O–H groups in total. The molecular formula is C12H23NO2S. The van der Waals surface area contributed by atoms with Crippen LogP contribution in [-0.4, -0.2) is 28.9 Å². The third-order valence-corrected chi connectivity index (χ3v) is 2.99. The summed E-state index contributed by atoms with van der Waals surface area (Å²) in [5, 5.41) is 3.56. The molecule has 0 bridgehead atoms. The minimum absolute atomic E-state index is 0.0215. The van der Waals surface area contributed by atoms with Crippen LogP contribution in [0.15, 0.2) is 0 Å². The number of piperidine rings is 1. The molecule has 0 atom stereocenters. The van der Waals surface area contributed by atoms with Gasteiger partial charge in [-0.1, -0.05) is 0 Å². The summed E-state index contributed by atoms with van der Waals surface area (Å²) in [4.78, 5) is 11.4. The quantitative estimate of drug-likeness (QED) is 0.591. The van der Waals surface area contributed by atoms with Crippen LogP contribution in [0, 0.1) is 0 Å². The molecule has 0 aromatic heterocycles.